The summed E-state index contributed by atoms with van der Waals surface area (Å²) < 4.78 is 21.2. The minimum absolute atomic E-state index is 0.00176. The highest BCUT2D eigenvalue weighted by molar-refractivity contribution is 5.81. The SMILES string of the molecule is COCCCn1c([C@@H]2CCCN(C(=O)CC(N)C3CCCCC3)C2)nc2ccccc21.COCCCn1c([C@@H]2CCCN(C(=O)CC(NC(=O)OCC3c4ccccc4-c4ccccc43)C3CCCCC3)C2)nc2ccccc21. The lowest BCUT2D eigenvalue weighted by Crippen LogP contribution is -2.47. The number of hydrogen-bond donors (Lipinski definition) is 2. The highest BCUT2D eigenvalue weighted by Crippen LogP contribution is 2.45. The van der Waals surface area contributed by atoms with Crippen LogP contribution in [0.4, 0.5) is 4.79 Å². The minimum Gasteiger partial charge on any atom is -0.449 e. The van der Waals surface area contributed by atoms with Gasteiger partial charge >= 0.3 is 6.09 Å². The first-order valence-corrected chi connectivity index (χ1v) is 30.1. The van der Waals surface area contributed by atoms with Gasteiger partial charge in [0.15, 0.2) is 0 Å². The maximum absolute atomic E-state index is 14.0. The second kappa shape index (κ2) is 27.4. The summed E-state index contributed by atoms with van der Waals surface area (Å²) in [6.07, 6.45) is 18.0. The number of nitrogens with zero attached hydrogens (tertiary/aromatic N) is 6. The molecule has 3 amide bonds. The molecule has 0 spiro atoms. The molecule has 2 aliphatic heterocycles. The standard InChI is InChI=1S/C40H48N4O4.C25H38N4O2/c1-47-24-12-23-44-37-21-10-9-20-35(37)41-39(44)29-15-11-22-43(26-29)38(45)25-36(28-13-3-2-4-14-28)42-40(46)48-27-34-32-18-7-5-16-30(32)31-17-6-8-19-33(31)34;1-31-16-8-15-29-23-13-6-5-12-22(23)27-25(29)20-11-7-14-28(18-20)24(30)17-21(26)19-9-3-2-4-10-19/h5-10,16-21,28-29,34,36H,2-4,11-15,22-27H2,1H3,(H,42,46);5-6,12-13,19-21H,2-4,7-11,14-18,26H2,1H3/t29-,36?;20-,21?/m11/s1. The van der Waals surface area contributed by atoms with Gasteiger partial charge in [-0.2, -0.15) is 0 Å². The topological polar surface area (TPSA) is 159 Å². The minimum atomic E-state index is -0.429. The van der Waals surface area contributed by atoms with Crippen molar-refractivity contribution in [2.75, 3.05) is 60.2 Å². The van der Waals surface area contributed by atoms with Gasteiger partial charge in [-0.3, -0.25) is 9.59 Å². The van der Waals surface area contributed by atoms with Gasteiger partial charge in [0, 0.05) is 109 Å². The van der Waals surface area contributed by atoms with Crippen molar-refractivity contribution in [1.82, 2.24) is 34.2 Å². The summed E-state index contributed by atoms with van der Waals surface area (Å²) in [5.74, 6) is 3.75. The Bertz CT molecular complexity index is 2910. The Morgan fingerprint density at radius 1 is 0.582 bits per heavy atom. The van der Waals surface area contributed by atoms with E-state index in [1.54, 1.807) is 14.2 Å². The smallest absolute Gasteiger partial charge is 0.407 e. The van der Waals surface area contributed by atoms with E-state index in [0.29, 0.717) is 31.9 Å². The van der Waals surface area contributed by atoms with Gasteiger partial charge in [-0.15, -0.1) is 0 Å². The monoisotopic (exact) mass is 1070 g/mol. The average molecular weight is 1080 g/mol. The van der Waals surface area contributed by atoms with Gasteiger partial charge in [-0.25, -0.2) is 14.8 Å². The van der Waals surface area contributed by atoms with Crippen molar-refractivity contribution in [3.63, 3.8) is 0 Å². The van der Waals surface area contributed by atoms with E-state index in [1.165, 1.54) is 66.3 Å². The number of imidazole rings is 2. The summed E-state index contributed by atoms with van der Waals surface area (Å²) in [5.41, 5.74) is 15.6. The molecule has 2 saturated carbocycles. The van der Waals surface area contributed by atoms with Crippen LogP contribution < -0.4 is 11.1 Å². The molecule has 14 nitrogen and oxygen atoms in total. The lowest BCUT2D eigenvalue weighted by Gasteiger charge is -2.35. The molecule has 422 valence electrons. The number of carbonyl (C=O) groups is 3. The summed E-state index contributed by atoms with van der Waals surface area (Å²) >= 11 is 0. The number of hydrogen-bond acceptors (Lipinski definition) is 9. The van der Waals surface area contributed by atoms with Crippen LogP contribution in [0.3, 0.4) is 0 Å². The number of methoxy groups -OCH3 is 2. The summed E-state index contributed by atoms with van der Waals surface area (Å²) in [6.45, 7) is 6.41. The Labute approximate surface area is 468 Å². The molecule has 11 rings (SSSR count). The predicted molar refractivity (Wildman–Crippen MR) is 312 cm³/mol. The number of rotatable bonds is 19. The van der Waals surface area contributed by atoms with Crippen molar-refractivity contribution in [2.24, 2.45) is 17.6 Å². The molecule has 3 N–H and O–H groups in total. The van der Waals surface area contributed by atoms with Crippen molar-refractivity contribution in [1.29, 1.82) is 0 Å². The first-order chi connectivity index (χ1) is 38.8. The quantitative estimate of drug-likeness (QED) is 0.0753. The van der Waals surface area contributed by atoms with Gasteiger partial charge in [-0.05, 0) is 123 Å². The molecule has 2 saturated heterocycles. The van der Waals surface area contributed by atoms with Gasteiger partial charge < -0.3 is 44.2 Å². The molecule has 4 aromatic carbocycles. The van der Waals surface area contributed by atoms with Crippen LogP contribution in [0.15, 0.2) is 97.1 Å². The highest BCUT2D eigenvalue weighted by Gasteiger charge is 2.35. The molecule has 14 heteroatoms. The molecule has 4 atom stereocenters. The van der Waals surface area contributed by atoms with E-state index >= 15 is 0 Å². The molecule has 0 radical (unpaired) electrons. The zero-order valence-electron chi connectivity index (χ0n) is 47.1. The van der Waals surface area contributed by atoms with Crippen LogP contribution in [-0.4, -0.2) is 119 Å². The largest absolute Gasteiger partial charge is 0.449 e. The number of para-hydroxylation sites is 4. The van der Waals surface area contributed by atoms with E-state index in [2.05, 4.69) is 92.1 Å². The van der Waals surface area contributed by atoms with Gasteiger partial charge in [0.2, 0.25) is 11.8 Å². The molecule has 2 aromatic heterocycles. The van der Waals surface area contributed by atoms with Gasteiger partial charge in [0.1, 0.15) is 18.3 Å². The molecule has 2 unspecified atom stereocenters. The van der Waals surface area contributed by atoms with Crippen LogP contribution in [0.25, 0.3) is 33.2 Å². The lowest BCUT2D eigenvalue weighted by molar-refractivity contribution is -0.134. The third-order valence-electron chi connectivity index (χ3n) is 18.0. The molecular weight excluding hydrogens is 989 g/mol. The van der Waals surface area contributed by atoms with E-state index in [9.17, 15) is 14.4 Å². The average Bonchev–Trinajstić information content (AvgIpc) is 4.39. The van der Waals surface area contributed by atoms with Crippen LogP contribution in [-0.2, 0) is 36.9 Å². The number of likely N-dealkylation sites (tertiary alicyclic amines) is 2. The Kier molecular flexibility index (Phi) is 19.5. The van der Waals surface area contributed by atoms with E-state index in [1.807, 2.05) is 29.2 Å². The van der Waals surface area contributed by atoms with E-state index in [4.69, 9.17) is 29.9 Å². The van der Waals surface area contributed by atoms with E-state index < -0.39 is 6.09 Å². The summed E-state index contributed by atoms with van der Waals surface area (Å²) in [7, 11) is 3.48. The van der Waals surface area contributed by atoms with E-state index in [0.717, 1.165) is 132 Å². The Hall–Kier alpha value is -6.09. The van der Waals surface area contributed by atoms with Crippen molar-refractivity contribution < 1.29 is 28.6 Å². The molecule has 4 fully saturated rings. The second-order valence-corrected chi connectivity index (χ2v) is 23.2. The number of fused-ring (bicyclic) bond motifs is 5. The fourth-order valence-electron chi connectivity index (χ4n) is 13.9. The number of alkyl carbamates (subject to hydrolysis) is 1. The molecule has 4 heterocycles. The normalized spacial score (nSPS) is 19.8. The highest BCUT2D eigenvalue weighted by atomic mass is 16.5. The van der Waals surface area contributed by atoms with Gasteiger partial charge in [0.05, 0.1) is 22.1 Å². The number of amides is 3. The molecular formula is C65H86N8O6. The molecule has 0 bridgehead atoms. The Morgan fingerprint density at radius 3 is 1.57 bits per heavy atom. The maximum Gasteiger partial charge on any atom is 0.407 e. The zero-order chi connectivity index (χ0) is 54.5. The van der Waals surface area contributed by atoms with Gasteiger partial charge in [-0.1, -0.05) is 111 Å². The summed E-state index contributed by atoms with van der Waals surface area (Å²) in [6, 6.07) is 33.2. The fraction of sp³-hybridized carbons (Fsp3) is 0.554. The summed E-state index contributed by atoms with van der Waals surface area (Å²) in [4.78, 5) is 54.7. The number of piperidine rings is 2. The van der Waals surface area contributed by atoms with Crippen LogP contribution in [0.1, 0.15) is 156 Å². The van der Waals surface area contributed by atoms with Crippen molar-refractivity contribution in [3.8, 4) is 11.1 Å². The number of carbonyl (C=O) groups excluding carboxylic acids is 3. The maximum atomic E-state index is 14.0. The summed E-state index contributed by atoms with van der Waals surface area (Å²) in [5, 5.41) is 3.19. The Morgan fingerprint density at radius 2 is 1.05 bits per heavy atom. The van der Waals surface area contributed by atoms with Crippen LogP contribution >= 0.6 is 0 Å². The predicted octanol–water partition coefficient (Wildman–Crippen LogP) is 11.7. The third-order valence-corrected chi connectivity index (χ3v) is 18.0. The third kappa shape index (κ3) is 13.6. The second-order valence-electron chi connectivity index (χ2n) is 23.2. The number of benzene rings is 4. The van der Waals surface area contributed by atoms with Crippen molar-refractivity contribution >= 4 is 40.0 Å². The Balaban J connectivity index is 0.000000196. The molecule has 6 aromatic rings. The molecule has 5 aliphatic rings. The molecule has 79 heavy (non-hydrogen) atoms. The number of aromatic nitrogens is 4. The molecule has 3 aliphatic carbocycles. The number of ether oxygens (including phenoxy) is 3. The number of aryl methyl sites for hydroxylation is 2. The van der Waals surface area contributed by atoms with Crippen molar-refractivity contribution in [2.45, 2.75) is 159 Å². The van der Waals surface area contributed by atoms with E-state index in [-0.39, 0.29) is 54.2 Å². The first-order valence-electron chi connectivity index (χ1n) is 30.1. The van der Waals surface area contributed by atoms with Crippen LogP contribution in [0.2, 0.25) is 0 Å². The first kappa shape index (κ1) is 56.2. The van der Waals surface area contributed by atoms with Gasteiger partial charge in [0.25, 0.3) is 0 Å². The van der Waals surface area contributed by atoms with Crippen LogP contribution in [0.5, 0.6) is 0 Å². The van der Waals surface area contributed by atoms with Crippen LogP contribution in [0, 0.1) is 11.8 Å². The zero-order valence-corrected chi connectivity index (χ0v) is 47.1. The number of nitrogens with two attached hydrogens (primary N) is 1. The number of nitrogens with one attached hydrogen (secondary N) is 1. The van der Waals surface area contributed by atoms with Crippen molar-refractivity contribution in [3.05, 3.63) is 120 Å². The lowest BCUT2D eigenvalue weighted by atomic mass is 9.82. The fourth-order valence-corrected chi connectivity index (χ4v) is 13.9.